The summed E-state index contributed by atoms with van der Waals surface area (Å²) in [5.74, 6) is 1.74. The van der Waals surface area contributed by atoms with E-state index in [4.69, 9.17) is 9.47 Å². The molecule has 0 spiro atoms. The molecule has 0 unspecified atom stereocenters. The third kappa shape index (κ3) is 4.40. The molecule has 144 valence electrons. The zero-order valence-electron chi connectivity index (χ0n) is 16.4. The summed E-state index contributed by atoms with van der Waals surface area (Å²) in [7, 11) is 3.19. The van der Waals surface area contributed by atoms with Crippen molar-refractivity contribution in [3.8, 4) is 11.5 Å². The number of carbonyl (C=O) groups excluding carboxylic acids is 1. The molecule has 1 aromatic heterocycles. The van der Waals surface area contributed by atoms with Crippen LogP contribution in [0.2, 0.25) is 0 Å². The number of pyridine rings is 1. The van der Waals surface area contributed by atoms with E-state index in [2.05, 4.69) is 15.6 Å². The SMILES string of the molecule is COc1ccc(Nc2ccc(C(=O)Nc3cc(C)ccc3C)cn2)c(OC)c1. The molecule has 0 fully saturated rings. The van der Waals surface area contributed by atoms with Crippen LogP contribution in [-0.2, 0) is 0 Å². The third-order valence-corrected chi connectivity index (χ3v) is 4.34. The molecular formula is C22H23N3O3. The number of aromatic nitrogens is 1. The normalized spacial score (nSPS) is 10.3. The standard InChI is InChI=1S/C22H23N3O3/c1-14-5-6-15(2)19(11-14)25-22(26)16-7-10-21(23-13-16)24-18-9-8-17(27-3)12-20(18)28-4/h5-13H,1-4H3,(H,23,24)(H,25,26). The van der Waals surface area contributed by atoms with E-state index in [0.29, 0.717) is 22.9 Å². The van der Waals surface area contributed by atoms with Crippen LogP contribution >= 0.6 is 0 Å². The first-order chi connectivity index (χ1) is 13.5. The van der Waals surface area contributed by atoms with Crippen molar-refractivity contribution in [3.63, 3.8) is 0 Å². The van der Waals surface area contributed by atoms with Gasteiger partial charge in [-0.05, 0) is 55.3 Å². The van der Waals surface area contributed by atoms with Gasteiger partial charge in [-0.15, -0.1) is 0 Å². The number of ether oxygens (including phenoxy) is 2. The second-order valence-corrected chi connectivity index (χ2v) is 6.40. The molecule has 0 saturated heterocycles. The van der Waals surface area contributed by atoms with Crippen molar-refractivity contribution in [1.29, 1.82) is 0 Å². The number of carbonyl (C=O) groups is 1. The van der Waals surface area contributed by atoms with Crippen LogP contribution in [0.1, 0.15) is 21.5 Å². The van der Waals surface area contributed by atoms with E-state index in [-0.39, 0.29) is 5.91 Å². The first-order valence-corrected chi connectivity index (χ1v) is 8.84. The second kappa shape index (κ2) is 8.43. The molecule has 0 aliphatic rings. The van der Waals surface area contributed by atoms with Gasteiger partial charge in [0.25, 0.3) is 5.91 Å². The van der Waals surface area contributed by atoms with Crippen LogP contribution in [0, 0.1) is 13.8 Å². The van der Waals surface area contributed by atoms with E-state index in [1.54, 1.807) is 38.6 Å². The highest BCUT2D eigenvalue weighted by molar-refractivity contribution is 6.04. The molecule has 0 aliphatic heterocycles. The number of rotatable bonds is 6. The number of benzene rings is 2. The van der Waals surface area contributed by atoms with Crippen LogP contribution in [0.25, 0.3) is 0 Å². The maximum atomic E-state index is 12.5. The summed E-state index contributed by atoms with van der Waals surface area (Å²) >= 11 is 0. The summed E-state index contributed by atoms with van der Waals surface area (Å²) in [5.41, 5.74) is 4.13. The Labute approximate surface area is 164 Å². The van der Waals surface area contributed by atoms with Crippen LogP contribution in [0.3, 0.4) is 0 Å². The van der Waals surface area contributed by atoms with Crippen LogP contribution in [0.4, 0.5) is 17.2 Å². The summed E-state index contributed by atoms with van der Waals surface area (Å²) in [6, 6.07) is 14.9. The molecule has 6 heteroatoms. The van der Waals surface area contributed by atoms with E-state index in [9.17, 15) is 4.79 Å². The van der Waals surface area contributed by atoms with Crippen molar-refractivity contribution in [2.75, 3.05) is 24.9 Å². The smallest absolute Gasteiger partial charge is 0.257 e. The van der Waals surface area contributed by atoms with Gasteiger partial charge < -0.3 is 20.1 Å². The highest BCUT2D eigenvalue weighted by Crippen LogP contribution is 2.31. The Kier molecular flexibility index (Phi) is 5.79. The predicted octanol–water partition coefficient (Wildman–Crippen LogP) is 4.71. The van der Waals surface area contributed by atoms with Crippen LogP contribution in [-0.4, -0.2) is 25.1 Å². The molecule has 0 saturated carbocycles. The van der Waals surface area contributed by atoms with Crippen LogP contribution in [0.5, 0.6) is 11.5 Å². The maximum Gasteiger partial charge on any atom is 0.257 e. The fourth-order valence-corrected chi connectivity index (χ4v) is 2.71. The lowest BCUT2D eigenvalue weighted by atomic mass is 10.1. The molecule has 3 rings (SSSR count). The van der Waals surface area contributed by atoms with E-state index in [1.807, 2.05) is 44.2 Å². The highest BCUT2D eigenvalue weighted by Gasteiger charge is 2.10. The summed E-state index contributed by atoms with van der Waals surface area (Å²) in [6.07, 6.45) is 1.54. The monoisotopic (exact) mass is 377 g/mol. The number of aryl methyl sites for hydroxylation is 2. The Balaban J connectivity index is 1.73. The Morgan fingerprint density at radius 1 is 0.929 bits per heavy atom. The minimum atomic E-state index is -0.199. The Hall–Kier alpha value is -3.54. The minimum absolute atomic E-state index is 0.199. The fourth-order valence-electron chi connectivity index (χ4n) is 2.71. The van der Waals surface area contributed by atoms with Gasteiger partial charge in [0.15, 0.2) is 0 Å². The van der Waals surface area contributed by atoms with Crippen molar-refractivity contribution in [2.45, 2.75) is 13.8 Å². The van der Waals surface area contributed by atoms with Crippen molar-refractivity contribution in [1.82, 2.24) is 4.98 Å². The molecule has 0 atom stereocenters. The zero-order chi connectivity index (χ0) is 20.1. The maximum absolute atomic E-state index is 12.5. The average Bonchev–Trinajstić information content (AvgIpc) is 2.71. The van der Waals surface area contributed by atoms with Gasteiger partial charge in [0.2, 0.25) is 0 Å². The molecule has 0 aliphatic carbocycles. The summed E-state index contributed by atoms with van der Waals surface area (Å²) in [6.45, 7) is 3.95. The van der Waals surface area contributed by atoms with E-state index in [0.717, 1.165) is 22.5 Å². The van der Waals surface area contributed by atoms with Gasteiger partial charge in [-0.25, -0.2) is 4.98 Å². The first-order valence-electron chi connectivity index (χ1n) is 8.84. The topological polar surface area (TPSA) is 72.5 Å². The number of hydrogen-bond donors (Lipinski definition) is 2. The van der Waals surface area contributed by atoms with Crippen LogP contribution < -0.4 is 20.1 Å². The number of hydrogen-bond acceptors (Lipinski definition) is 5. The molecule has 6 nitrogen and oxygen atoms in total. The number of nitrogens with zero attached hydrogens (tertiary/aromatic N) is 1. The summed E-state index contributed by atoms with van der Waals surface area (Å²) in [5, 5.41) is 6.12. The van der Waals surface area contributed by atoms with Crippen molar-refractivity contribution < 1.29 is 14.3 Å². The average molecular weight is 377 g/mol. The molecule has 3 aromatic rings. The Morgan fingerprint density at radius 3 is 2.43 bits per heavy atom. The van der Waals surface area contributed by atoms with Crippen molar-refractivity contribution in [3.05, 3.63) is 71.4 Å². The third-order valence-electron chi connectivity index (χ3n) is 4.34. The lowest BCUT2D eigenvalue weighted by molar-refractivity contribution is 0.102. The van der Waals surface area contributed by atoms with Gasteiger partial charge >= 0.3 is 0 Å². The van der Waals surface area contributed by atoms with Gasteiger partial charge in [-0.1, -0.05) is 12.1 Å². The van der Waals surface area contributed by atoms with Gasteiger partial charge in [0, 0.05) is 18.0 Å². The first kappa shape index (κ1) is 19.2. The van der Waals surface area contributed by atoms with Crippen molar-refractivity contribution >= 4 is 23.1 Å². The lowest BCUT2D eigenvalue weighted by Crippen LogP contribution is -2.13. The number of anilines is 3. The molecule has 1 heterocycles. The Morgan fingerprint density at radius 2 is 1.75 bits per heavy atom. The minimum Gasteiger partial charge on any atom is -0.497 e. The molecule has 2 N–H and O–H groups in total. The fraction of sp³-hybridized carbons (Fsp3) is 0.182. The van der Waals surface area contributed by atoms with Gasteiger partial charge in [0.1, 0.15) is 17.3 Å². The molecule has 1 amide bonds. The lowest BCUT2D eigenvalue weighted by Gasteiger charge is -2.12. The number of methoxy groups -OCH3 is 2. The van der Waals surface area contributed by atoms with Gasteiger partial charge in [0.05, 0.1) is 25.5 Å². The van der Waals surface area contributed by atoms with E-state index in [1.165, 1.54) is 0 Å². The van der Waals surface area contributed by atoms with Crippen LogP contribution in [0.15, 0.2) is 54.7 Å². The Bertz CT molecular complexity index is 985. The van der Waals surface area contributed by atoms with Gasteiger partial charge in [-0.3, -0.25) is 4.79 Å². The number of nitrogens with one attached hydrogen (secondary N) is 2. The van der Waals surface area contributed by atoms with Crippen molar-refractivity contribution in [2.24, 2.45) is 0 Å². The van der Waals surface area contributed by atoms with E-state index < -0.39 is 0 Å². The zero-order valence-corrected chi connectivity index (χ0v) is 16.4. The predicted molar refractivity (Wildman–Crippen MR) is 111 cm³/mol. The molecular weight excluding hydrogens is 354 g/mol. The largest absolute Gasteiger partial charge is 0.497 e. The summed E-state index contributed by atoms with van der Waals surface area (Å²) in [4.78, 5) is 16.8. The molecule has 2 aromatic carbocycles. The highest BCUT2D eigenvalue weighted by atomic mass is 16.5. The molecule has 28 heavy (non-hydrogen) atoms. The molecule has 0 bridgehead atoms. The molecule has 0 radical (unpaired) electrons. The second-order valence-electron chi connectivity index (χ2n) is 6.40. The summed E-state index contributed by atoms with van der Waals surface area (Å²) < 4.78 is 10.6. The van der Waals surface area contributed by atoms with E-state index >= 15 is 0 Å². The number of amides is 1. The quantitative estimate of drug-likeness (QED) is 0.651. The van der Waals surface area contributed by atoms with Gasteiger partial charge in [-0.2, -0.15) is 0 Å².